The van der Waals surface area contributed by atoms with E-state index in [1.165, 1.54) is 0 Å². The van der Waals surface area contributed by atoms with Gasteiger partial charge in [0, 0.05) is 19.8 Å². The first-order chi connectivity index (χ1) is 12.0. The molecule has 128 valence electrons. The number of nitrogens with zero attached hydrogens (tertiary/aromatic N) is 2. The van der Waals surface area contributed by atoms with Crippen LogP contribution in [0, 0.1) is 0 Å². The summed E-state index contributed by atoms with van der Waals surface area (Å²) >= 11 is 0. The number of para-hydroxylation sites is 1. The highest BCUT2D eigenvalue weighted by Crippen LogP contribution is 2.18. The Hall–Kier alpha value is -3.15. The zero-order chi connectivity index (χ0) is 18.0. The fraction of sp³-hybridized carbons (Fsp3) is 0.211. The van der Waals surface area contributed by atoms with Crippen LogP contribution in [0.25, 0.3) is 10.9 Å². The summed E-state index contributed by atoms with van der Waals surface area (Å²) in [5, 5.41) is 0.504. The molecule has 2 aromatic carbocycles. The van der Waals surface area contributed by atoms with Crippen LogP contribution in [0.4, 0.5) is 5.69 Å². The van der Waals surface area contributed by atoms with E-state index in [-0.39, 0.29) is 5.56 Å². The summed E-state index contributed by atoms with van der Waals surface area (Å²) in [5.41, 5.74) is 1.75. The Kier molecular flexibility index (Phi) is 4.52. The molecular formula is C19H19N3O3. The fourth-order valence-corrected chi connectivity index (χ4v) is 2.48. The number of esters is 1. The number of H-pyrrole nitrogens is 1. The Morgan fingerprint density at radius 3 is 2.48 bits per heavy atom. The minimum Gasteiger partial charge on any atom is -0.451 e. The maximum Gasteiger partial charge on any atom is 0.338 e. The van der Waals surface area contributed by atoms with E-state index in [0.29, 0.717) is 22.3 Å². The van der Waals surface area contributed by atoms with Gasteiger partial charge in [-0.1, -0.05) is 12.1 Å². The molecule has 1 atom stereocenters. The first-order valence-electron chi connectivity index (χ1n) is 7.93. The monoisotopic (exact) mass is 337 g/mol. The number of rotatable bonds is 4. The highest BCUT2D eigenvalue weighted by Gasteiger charge is 2.17. The average Bonchev–Trinajstić information content (AvgIpc) is 2.61. The highest BCUT2D eigenvalue weighted by atomic mass is 16.5. The van der Waals surface area contributed by atoms with Gasteiger partial charge >= 0.3 is 5.97 Å². The van der Waals surface area contributed by atoms with Crippen LogP contribution in [0.2, 0.25) is 0 Å². The number of hydrogen-bond donors (Lipinski definition) is 1. The summed E-state index contributed by atoms with van der Waals surface area (Å²) in [7, 11) is 3.86. The molecule has 3 aromatic rings. The Balaban J connectivity index is 1.80. The molecule has 0 amide bonds. The van der Waals surface area contributed by atoms with Crippen LogP contribution in [0.1, 0.15) is 29.2 Å². The van der Waals surface area contributed by atoms with Crippen LogP contribution in [0.5, 0.6) is 0 Å². The van der Waals surface area contributed by atoms with Gasteiger partial charge in [-0.2, -0.15) is 0 Å². The van der Waals surface area contributed by atoms with Crippen molar-refractivity contribution in [2.24, 2.45) is 0 Å². The first kappa shape index (κ1) is 16.7. The number of carbonyl (C=O) groups excluding carboxylic acids is 1. The van der Waals surface area contributed by atoms with Crippen LogP contribution in [-0.4, -0.2) is 30.0 Å². The Morgan fingerprint density at radius 1 is 1.12 bits per heavy atom. The van der Waals surface area contributed by atoms with Crippen molar-refractivity contribution in [3.63, 3.8) is 0 Å². The third-order valence-corrected chi connectivity index (χ3v) is 3.92. The van der Waals surface area contributed by atoms with Gasteiger partial charge in [-0.05, 0) is 43.3 Å². The lowest BCUT2D eigenvalue weighted by Gasteiger charge is -2.15. The molecule has 0 radical (unpaired) electrons. The van der Waals surface area contributed by atoms with Crippen molar-refractivity contribution in [1.82, 2.24) is 9.97 Å². The number of anilines is 1. The maximum atomic E-state index is 12.3. The number of fused-ring (bicyclic) bond motifs is 1. The van der Waals surface area contributed by atoms with E-state index in [2.05, 4.69) is 9.97 Å². The first-order valence-corrected chi connectivity index (χ1v) is 7.93. The van der Waals surface area contributed by atoms with Gasteiger partial charge in [0.15, 0.2) is 11.9 Å². The van der Waals surface area contributed by atoms with E-state index >= 15 is 0 Å². The molecule has 1 aromatic heterocycles. The number of aromatic nitrogens is 2. The number of carbonyl (C=O) groups is 1. The number of benzene rings is 2. The van der Waals surface area contributed by atoms with Crippen LogP contribution in [0.15, 0.2) is 53.3 Å². The second-order valence-corrected chi connectivity index (χ2v) is 5.96. The molecule has 1 unspecified atom stereocenters. The minimum atomic E-state index is -0.668. The lowest BCUT2D eigenvalue weighted by molar-refractivity contribution is 0.0320. The van der Waals surface area contributed by atoms with Crippen molar-refractivity contribution in [2.45, 2.75) is 13.0 Å². The summed E-state index contributed by atoms with van der Waals surface area (Å²) in [6.45, 7) is 1.68. The summed E-state index contributed by atoms with van der Waals surface area (Å²) in [5.74, 6) is -0.143. The molecule has 1 heterocycles. The van der Waals surface area contributed by atoms with E-state index in [0.717, 1.165) is 5.69 Å². The summed E-state index contributed by atoms with van der Waals surface area (Å²) in [6, 6.07) is 14.1. The molecule has 0 spiro atoms. The largest absolute Gasteiger partial charge is 0.451 e. The van der Waals surface area contributed by atoms with Gasteiger partial charge in [0.05, 0.1) is 16.5 Å². The average molecular weight is 337 g/mol. The molecule has 0 aliphatic heterocycles. The molecule has 0 saturated heterocycles. The van der Waals surface area contributed by atoms with Gasteiger partial charge < -0.3 is 14.6 Å². The predicted molar refractivity (Wildman–Crippen MR) is 97.0 cm³/mol. The van der Waals surface area contributed by atoms with Crippen LogP contribution in [0.3, 0.4) is 0 Å². The molecule has 6 heteroatoms. The van der Waals surface area contributed by atoms with Crippen molar-refractivity contribution >= 4 is 22.6 Å². The molecule has 25 heavy (non-hydrogen) atoms. The molecule has 0 aliphatic rings. The minimum absolute atomic E-state index is 0.251. The van der Waals surface area contributed by atoms with Crippen molar-refractivity contribution in [1.29, 1.82) is 0 Å². The molecule has 0 saturated carbocycles. The lowest BCUT2D eigenvalue weighted by atomic mass is 10.2. The molecule has 1 N–H and O–H groups in total. The van der Waals surface area contributed by atoms with Crippen molar-refractivity contribution < 1.29 is 9.53 Å². The summed E-state index contributed by atoms with van der Waals surface area (Å²) in [4.78, 5) is 33.4. The van der Waals surface area contributed by atoms with Gasteiger partial charge in [0.2, 0.25) is 0 Å². The van der Waals surface area contributed by atoms with Crippen molar-refractivity contribution in [3.05, 3.63) is 70.3 Å². The third kappa shape index (κ3) is 3.52. The zero-order valence-corrected chi connectivity index (χ0v) is 14.3. The quantitative estimate of drug-likeness (QED) is 0.741. The van der Waals surface area contributed by atoms with E-state index in [1.54, 1.807) is 37.3 Å². The van der Waals surface area contributed by atoms with Crippen LogP contribution in [-0.2, 0) is 4.74 Å². The Morgan fingerprint density at radius 2 is 1.80 bits per heavy atom. The fourth-order valence-electron chi connectivity index (χ4n) is 2.48. The van der Waals surface area contributed by atoms with Crippen LogP contribution < -0.4 is 10.5 Å². The Bertz CT molecular complexity index is 962. The lowest BCUT2D eigenvalue weighted by Crippen LogP contribution is -2.17. The smallest absolute Gasteiger partial charge is 0.338 e. The van der Waals surface area contributed by atoms with Crippen LogP contribution >= 0.6 is 0 Å². The SMILES string of the molecule is CC(OC(=O)c1ccc(N(C)C)cc1)c1nc2ccccc2c(=O)[nH]1. The molecule has 3 rings (SSSR count). The number of aromatic amines is 1. The van der Waals surface area contributed by atoms with E-state index in [1.807, 2.05) is 37.2 Å². The second kappa shape index (κ2) is 6.76. The van der Waals surface area contributed by atoms with Crippen molar-refractivity contribution in [2.75, 3.05) is 19.0 Å². The summed E-state index contributed by atoms with van der Waals surface area (Å²) < 4.78 is 5.44. The molecule has 6 nitrogen and oxygen atoms in total. The van der Waals surface area contributed by atoms with E-state index < -0.39 is 12.1 Å². The maximum absolute atomic E-state index is 12.3. The Labute approximate surface area is 145 Å². The third-order valence-electron chi connectivity index (χ3n) is 3.92. The summed E-state index contributed by atoms with van der Waals surface area (Å²) in [6.07, 6.45) is -0.668. The molecule has 0 aliphatic carbocycles. The topological polar surface area (TPSA) is 75.3 Å². The van der Waals surface area contributed by atoms with Gasteiger partial charge in [-0.25, -0.2) is 9.78 Å². The van der Waals surface area contributed by atoms with Gasteiger partial charge in [0.1, 0.15) is 0 Å². The molecule has 0 bridgehead atoms. The van der Waals surface area contributed by atoms with E-state index in [4.69, 9.17) is 4.74 Å². The predicted octanol–water partition coefficient (Wildman–Crippen LogP) is 2.91. The molecule has 0 fully saturated rings. The van der Waals surface area contributed by atoms with Gasteiger partial charge in [-0.3, -0.25) is 4.79 Å². The molecular weight excluding hydrogens is 318 g/mol. The number of ether oxygens (including phenoxy) is 1. The standard InChI is InChI=1S/C19H19N3O3/c1-12(17-20-16-7-5-4-6-15(16)18(23)21-17)25-19(24)13-8-10-14(11-9-13)22(2)3/h4-12H,1-3H3,(H,20,21,23). The number of hydrogen-bond acceptors (Lipinski definition) is 5. The second-order valence-electron chi connectivity index (χ2n) is 5.96. The van der Waals surface area contributed by atoms with E-state index in [9.17, 15) is 9.59 Å². The normalized spacial score (nSPS) is 12.0. The highest BCUT2D eigenvalue weighted by molar-refractivity contribution is 5.90. The number of nitrogens with one attached hydrogen (secondary N) is 1. The van der Waals surface area contributed by atoms with Gasteiger partial charge in [-0.15, -0.1) is 0 Å². The van der Waals surface area contributed by atoms with Gasteiger partial charge in [0.25, 0.3) is 5.56 Å². The van der Waals surface area contributed by atoms with Crippen molar-refractivity contribution in [3.8, 4) is 0 Å². The zero-order valence-electron chi connectivity index (χ0n) is 14.3.